The van der Waals surface area contributed by atoms with Crippen molar-refractivity contribution in [2.45, 2.75) is 13.0 Å². The number of carbonyl (C=O) groups excluding carboxylic acids is 1. The number of hydrogen-bond acceptors (Lipinski definition) is 5. The average Bonchev–Trinajstić information content (AvgIpc) is 2.25. The molecule has 6 heteroatoms. The summed E-state index contributed by atoms with van der Waals surface area (Å²) in [6.45, 7) is 7.80. The average molecular weight is 231 g/mol. The van der Waals surface area contributed by atoms with Gasteiger partial charge in [0, 0.05) is 18.2 Å². The SMILES string of the molecule is C=C(C)C(=O)O.C=CC(=O)OCC(O)CN. The summed E-state index contributed by atoms with van der Waals surface area (Å²) in [7, 11) is 0. The van der Waals surface area contributed by atoms with E-state index in [1.54, 1.807) is 0 Å². The van der Waals surface area contributed by atoms with Crippen LogP contribution in [0.25, 0.3) is 0 Å². The molecule has 0 heterocycles. The Morgan fingerprint density at radius 2 is 2.00 bits per heavy atom. The van der Waals surface area contributed by atoms with Gasteiger partial charge in [-0.1, -0.05) is 13.2 Å². The minimum atomic E-state index is -0.935. The molecular weight excluding hydrogens is 214 g/mol. The first-order chi connectivity index (χ1) is 7.34. The molecule has 0 radical (unpaired) electrons. The van der Waals surface area contributed by atoms with E-state index in [0.717, 1.165) is 6.08 Å². The monoisotopic (exact) mass is 231 g/mol. The number of carbonyl (C=O) groups is 2. The van der Waals surface area contributed by atoms with Gasteiger partial charge in [0.2, 0.25) is 0 Å². The van der Waals surface area contributed by atoms with Gasteiger partial charge in [-0.25, -0.2) is 9.59 Å². The van der Waals surface area contributed by atoms with E-state index in [1.807, 2.05) is 0 Å². The summed E-state index contributed by atoms with van der Waals surface area (Å²) in [5.74, 6) is -1.48. The first kappa shape index (κ1) is 16.8. The van der Waals surface area contributed by atoms with E-state index in [1.165, 1.54) is 6.92 Å². The van der Waals surface area contributed by atoms with Crippen molar-refractivity contribution in [2.75, 3.05) is 13.2 Å². The standard InChI is InChI=1S/C6H11NO3.C4H6O2/c1-2-6(9)10-4-5(8)3-7;1-3(2)4(5)6/h2,5,8H,1,3-4,7H2;1H2,2H3,(H,5,6). The number of nitrogens with two attached hydrogens (primary N) is 1. The lowest BCUT2D eigenvalue weighted by Gasteiger charge is -2.05. The molecule has 0 aliphatic rings. The fraction of sp³-hybridized carbons (Fsp3) is 0.400. The predicted octanol–water partition coefficient (Wildman–Crippen LogP) is -0.318. The van der Waals surface area contributed by atoms with Gasteiger partial charge in [-0.2, -0.15) is 0 Å². The first-order valence-electron chi connectivity index (χ1n) is 4.41. The molecule has 0 fully saturated rings. The number of ether oxygens (including phenoxy) is 1. The second kappa shape index (κ2) is 9.88. The van der Waals surface area contributed by atoms with Crippen LogP contribution < -0.4 is 5.73 Å². The van der Waals surface area contributed by atoms with E-state index < -0.39 is 18.0 Å². The smallest absolute Gasteiger partial charge is 0.330 e. The minimum Gasteiger partial charge on any atom is -0.478 e. The molecule has 1 unspecified atom stereocenters. The van der Waals surface area contributed by atoms with Gasteiger partial charge in [-0.05, 0) is 6.92 Å². The van der Waals surface area contributed by atoms with Gasteiger partial charge in [0.25, 0.3) is 0 Å². The quantitative estimate of drug-likeness (QED) is 0.442. The van der Waals surface area contributed by atoms with Crippen molar-refractivity contribution in [1.29, 1.82) is 0 Å². The number of esters is 1. The Kier molecular flexibility index (Phi) is 10.3. The molecule has 0 saturated carbocycles. The minimum absolute atomic E-state index is 0.0681. The zero-order valence-corrected chi connectivity index (χ0v) is 9.18. The van der Waals surface area contributed by atoms with Crippen LogP contribution in [0.5, 0.6) is 0 Å². The van der Waals surface area contributed by atoms with Crippen LogP contribution in [-0.4, -0.2) is 41.4 Å². The molecule has 0 rings (SSSR count). The van der Waals surface area contributed by atoms with E-state index in [9.17, 15) is 9.59 Å². The van der Waals surface area contributed by atoms with Crippen LogP contribution >= 0.6 is 0 Å². The zero-order chi connectivity index (χ0) is 13.1. The van der Waals surface area contributed by atoms with Crippen LogP contribution in [0.1, 0.15) is 6.92 Å². The Hall–Kier alpha value is -1.66. The molecule has 0 aliphatic heterocycles. The van der Waals surface area contributed by atoms with E-state index in [-0.39, 0.29) is 18.7 Å². The third-order valence-electron chi connectivity index (χ3n) is 1.22. The van der Waals surface area contributed by atoms with Crippen LogP contribution in [0.2, 0.25) is 0 Å². The van der Waals surface area contributed by atoms with Crippen LogP contribution in [0.15, 0.2) is 24.8 Å². The number of hydrogen-bond donors (Lipinski definition) is 3. The van der Waals surface area contributed by atoms with Crippen LogP contribution in [0.4, 0.5) is 0 Å². The van der Waals surface area contributed by atoms with Gasteiger partial charge in [-0.15, -0.1) is 0 Å². The van der Waals surface area contributed by atoms with Crippen molar-refractivity contribution in [3.8, 4) is 0 Å². The summed E-state index contributed by atoms with van der Waals surface area (Å²) >= 11 is 0. The van der Waals surface area contributed by atoms with E-state index in [4.69, 9.17) is 15.9 Å². The summed E-state index contributed by atoms with van der Waals surface area (Å²) in [4.78, 5) is 19.9. The lowest BCUT2D eigenvalue weighted by atomic mass is 10.4. The summed E-state index contributed by atoms with van der Waals surface area (Å²) < 4.78 is 4.46. The maximum Gasteiger partial charge on any atom is 0.330 e. The normalized spacial score (nSPS) is 10.4. The summed E-state index contributed by atoms with van der Waals surface area (Å²) in [5.41, 5.74) is 5.21. The van der Waals surface area contributed by atoms with Crippen LogP contribution in [0, 0.1) is 0 Å². The van der Waals surface area contributed by atoms with Crippen LogP contribution in [-0.2, 0) is 14.3 Å². The summed E-state index contributed by atoms with van der Waals surface area (Å²) in [5, 5.41) is 16.7. The highest BCUT2D eigenvalue weighted by Crippen LogP contribution is 1.83. The lowest BCUT2D eigenvalue weighted by Crippen LogP contribution is -2.26. The molecule has 0 aromatic carbocycles. The molecular formula is C10H17NO5. The van der Waals surface area contributed by atoms with Crippen molar-refractivity contribution in [1.82, 2.24) is 0 Å². The molecule has 4 N–H and O–H groups in total. The maximum atomic E-state index is 10.3. The largest absolute Gasteiger partial charge is 0.478 e. The molecule has 0 aromatic heterocycles. The van der Waals surface area contributed by atoms with E-state index >= 15 is 0 Å². The number of aliphatic carboxylic acids is 1. The molecule has 0 amide bonds. The zero-order valence-electron chi connectivity index (χ0n) is 9.18. The molecule has 1 atom stereocenters. The Bertz CT molecular complexity index is 250. The second-order valence-corrected chi connectivity index (χ2v) is 2.81. The van der Waals surface area contributed by atoms with Gasteiger partial charge < -0.3 is 20.7 Å². The Labute approximate surface area is 94.0 Å². The topological polar surface area (TPSA) is 110 Å². The van der Waals surface area contributed by atoms with Crippen LogP contribution in [0.3, 0.4) is 0 Å². The molecule has 92 valence electrons. The van der Waals surface area contributed by atoms with Crippen molar-refractivity contribution in [3.63, 3.8) is 0 Å². The molecule has 0 aromatic rings. The van der Waals surface area contributed by atoms with Gasteiger partial charge in [0.1, 0.15) is 12.7 Å². The molecule has 0 spiro atoms. The Morgan fingerprint density at radius 3 is 2.25 bits per heavy atom. The fourth-order valence-electron chi connectivity index (χ4n) is 0.305. The number of rotatable bonds is 5. The van der Waals surface area contributed by atoms with Gasteiger partial charge in [0.05, 0.1) is 0 Å². The van der Waals surface area contributed by atoms with Crippen molar-refractivity contribution < 1.29 is 24.5 Å². The van der Waals surface area contributed by atoms with Gasteiger partial charge in [-0.3, -0.25) is 0 Å². The third-order valence-corrected chi connectivity index (χ3v) is 1.22. The number of carboxylic acid groups (broad SMARTS) is 1. The second-order valence-electron chi connectivity index (χ2n) is 2.81. The Morgan fingerprint density at radius 1 is 1.56 bits per heavy atom. The first-order valence-corrected chi connectivity index (χ1v) is 4.41. The molecule has 0 bridgehead atoms. The molecule has 6 nitrogen and oxygen atoms in total. The molecule has 0 aliphatic carbocycles. The molecule has 16 heavy (non-hydrogen) atoms. The van der Waals surface area contributed by atoms with Gasteiger partial charge >= 0.3 is 11.9 Å². The summed E-state index contributed by atoms with van der Waals surface area (Å²) in [6, 6.07) is 0. The van der Waals surface area contributed by atoms with Crippen molar-refractivity contribution in [2.24, 2.45) is 5.73 Å². The maximum absolute atomic E-state index is 10.3. The fourth-order valence-corrected chi connectivity index (χ4v) is 0.305. The van der Waals surface area contributed by atoms with E-state index in [0.29, 0.717) is 0 Å². The number of carboxylic acids is 1. The van der Waals surface area contributed by atoms with E-state index in [2.05, 4.69) is 17.9 Å². The highest BCUT2D eigenvalue weighted by molar-refractivity contribution is 5.84. The third kappa shape index (κ3) is 12.3. The number of aliphatic hydroxyl groups excluding tert-OH is 1. The Balaban J connectivity index is 0. The van der Waals surface area contributed by atoms with Crippen molar-refractivity contribution >= 4 is 11.9 Å². The highest BCUT2D eigenvalue weighted by atomic mass is 16.5. The van der Waals surface area contributed by atoms with Crippen molar-refractivity contribution in [3.05, 3.63) is 24.8 Å². The predicted molar refractivity (Wildman–Crippen MR) is 58.7 cm³/mol. The molecule has 0 saturated heterocycles. The number of aliphatic hydroxyl groups is 1. The van der Waals surface area contributed by atoms with Gasteiger partial charge in [0.15, 0.2) is 0 Å². The highest BCUT2D eigenvalue weighted by Gasteiger charge is 2.02. The summed E-state index contributed by atoms with van der Waals surface area (Å²) in [6.07, 6.45) is 0.257. The lowest BCUT2D eigenvalue weighted by molar-refractivity contribution is -0.140.